The van der Waals surface area contributed by atoms with Gasteiger partial charge in [-0.25, -0.2) is 9.50 Å². The molecule has 1 fully saturated rings. The van der Waals surface area contributed by atoms with E-state index in [1.54, 1.807) is 13.1 Å². The fourth-order valence-electron chi connectivity index (χ4n) is 6.56. The minimum Gasteiger partial charge on any atom is -0.338 e. The monoisotopic (exact) mass is 422 g/mol. The molecule has 6 heteroatoms. The molecule has 3 aliphatic carbocycles. The first-order valence-electron chi connectivity index (χ1n) is 11.2. The lowest BCUT2D eigenvalue weighted by Crippen LogP contribution is -2.39. The number of amides is 1. The summed E-state index contributed by atoms with van der Waals surface area (Å²) >= 11 is 0. The number of aryl methyl sites for hydroxylation is 1. The standard InChI is InChI=1S/C26H22N4O2/c1-14-10-22(31)30-25(28-14)19(11-27-30)26(32)29-12-20-21(13-29)24-16-7-3-2-6-15(16)23(20)17-8-4-5-9-18(17)24/h2-11,20-21,23-24,27H,12-13H2,1H3/t20-,21-,23?,24?/m1/s1. The quantitative estimate of drug-likeness (QED) is 0.512. The van der Waals surface area contributed by atoms with Crippen molar-refractivity contribution in [3.63, 3.8) is 0 Å². The molecule has 1 amide bonds. The van der Waals surface area contributed by atoms with E-state index in [1.807, 2.05) is 4.90 Å². The molecule has 32 heavy (non-hydrogen) atoms. The number of carbonyl (C=O) groups excluding carboxylic acids is 1. The van der Waals surface area contributed by atoms with Gasteiger partial charge in [0.15, 0.2) is 5.65 Å². The number of aromatic amines is 1. The van der Waals surface area contributed by atoms with Crippen LogP contribution in [0, 0.1) is 18.8 Å². The number of benzene rings is 2. The maximum atomic E-state index is 13.6. The maximum absolute atomic E-state index is 13.6. The van der Waals surface area contributed by atoms with Gasteiger partial charge in [0.2, 0.25) is 0 Å². The molecule has 1 N–H and O–H groups in total. The number of H-pyrrole nitrogens is 1. The lowest BCUT2D eigenvalue weighted by molar-refractivity contribution is 0.0785. The van der Waals surface area contributed by atoms with Crippen LogP contribution in [0.5, 0.6) is 0 Å². The SMILES string of the molecule is Cc1cc(=O)n2[nH]cc(C(=O)N3C[C@H]4C5c6ccccc6C(c6ccccc65)[C@@H]4C3)c2n1. The van der Waals surface area contributed by atoms with Crippen LogP contribution >= 0.6 is 0 Å². The fourth-order valence-corrected chi connectivity index (χ4v) is 6.56. The molecule has 0 saturated carbocycles. The van der Waals surface area contributed by atoms with Crippen molar-refractivity contribution in [3.05, 3.63) is 105 Å². The molecule has 1 aliphatic heterocycles. The van der Waals surface area contributed by atoms with Crippen molar-refractivity contribution in [3.8, 4) is 0 Å². The molecule has 158 valence electrons. The predicted molar refractivity (Wildman–Crippen MR) is 120 cm³/mol. The van der Waals surface area contributed by atoms with Crippen LogP contribution in [0.3, 0.4) is 0 Å². The van der Waals surface area contributed by atoms with Gasteiger partial charge >= 0.3 is 0 Å². The highest BCUT2D eigenvalue weighted by Crippen LogP contribution is 2.60. The molecule has 8 rings (SSSR count). The van der Waals surface area contributed by atoms with Crippen LogP contribution in [0.15, 0.2) is 65.6 Å². The lowest BCUT2D eigenvalue weighted by atomic mass is 9.55. The largest absolute Gasteiger partial charge is 0.338 e. The molecule has 0 spiro atoms. The second-order valence-corrected chi connectivity index (χ2v) is 9.33. The lowest BCUT2D eigenvalue weighted by Gasteiger charge is -2.47. The second kappa shape index (κ2) is 6.19. The number of likely N-dealkylation sites (tertiary alicyclic amines) is 1. The average molecular weight is 422 g/mol. The number of fused-ring (bicyclic) bond motifs is 1. The molecule has 3 heterocycles. The molecule has 0 unspecified atom stereocenters. The number of hydrogen-bond donors (Lipinski definition) is 1. The van der Waals surface area contributed by atoms with Crippen LogP contribution in [-0.2, 0) is 0 Å². The summed E-state index contributed by atoms with van der Waals surface area (Å²) in [6.07, 6.45) is 1.62. The van der Waals surface area contributed by atoms with Gasteiger partial charge in [-0.2, -0.15) is 0 Å². The molecular weight excluding hydrogens is 400 g/mol. The molecule has 2 aromatic heterocycles. The van der Waals surface area contributed by atoms with E-state index in [0.29, 0.717) is 40.6 Å². The van der Waals surface area contributed by atoms with Crippen molar-refractivity contribution in [2.45, 2.75) is 18.8 Å². The Hall–Kier alpha value is -3.67. The third kappa shape index (κ3) is 2.22. The Morgan fingerprint density at radius 2 is 1.47 bits per heavy atom. The third-order valence-electron chi connectivity index (χ3n) is 7.74. The average Bonchev–Trinajstić information content (AvgIpc) is 3.43. The first-order chi connectivity index (χ1) is 15.6. The van der Waals surface area contributed by atoms with Gasteiger partial charge in [-0.1, -0.05) is 48.5 Å². The Bertz CT molecular complexity index is 1380. The van der Waals surface area contributed by atoms with Crippen LogP contribution in [0.25, 0.3) is 5.65 Å². The summed E-state index contributed by atoms with van der Waals surface area (Å²) in [5.41, 5.74) is 6.96. The highest BCUT2D eigenvalue weighted by molar-refractivity contribution is 5.99. The van der Waals surface area contributed by atoms with Gasteiger partial charge < -0.3 is 4.90 Å². The van der Waals surface area contributed by atoms with Crippen LogP contribution in [0.4, 0.5) is 0 Å². The second-order valence-electron chi connectivity index (χ2n) is 9.33. The van der Waals surface area contributed by atoms with E-state index in [1.165, 1.54) is 32.8 Å². The smallest absolute Gasteiger partial charge is 0.272 e. The van der Waals surface area contributed by atoms with Crippen molar-refractivity contribution < 1.29 is 4.79 Å². The van der Waals surface area contributed by atoms with E-state index in [-0.39, 0.29) is 11.5 Å². The van der Waals surface area contributed by atoms with Gasteiger partial charge in [-0.05, 0) is 41.0 Å². The summed E-state index contributed by atoms with van der Waals surface area (Å²) in [4.78, 5) is 32.3. The van der Waals surface area contributed by atoms with Gasteiger partial charge in [-0.15, -0.1) is 0 Å². The summed E-state index contributed by atoms with van der Waals surface area (Å²) in [6, 6.07) is 19.1. The summed E-state index contributed by atoms with van der Waals surface area (Å²) in [5.74, 6) is 1.39. The number of nitrogens with one attached hydrogen (secondary N) is 1. The maximum Gasteiger partial charge on any atom is 0.272 e. The first kappa shape index (κ1) is 18.0. The summed E-state index contributed by atoms with van der Waals surface area (Å²) < 4.78 is 1.35. The molecular formula is C26H22N4O2. The van der Waals surface area contributed by atoms with Crippen LogP contribution in [0.2, 0.25) is 0 Å². The van der Waals surface area contributed by atoms with Gasteiger partial charge in [0, 0.05) is 42.9 Å². The van der Waals surface area contributed by atoms with E-state index in [9.17, 15) is 9.59 Å². The van der Waals surface area contributed by atoms with Gasteiger partial charge in [0.25, 0.3) is 11.5 Å². The number of nitrogens with zero attached hydrogens (tertiary/aromatic N) is 3. The molecule has 1 saturated heterocycles. The Morgan fingerprint density at radius 3 is 2.00 bits per heavy atom. The number of rotatable bonds is 1. The Morgan fingerprint density at radius 1 is 0.938 bits per heavy atom. The first-order valence-corrected chi connectivity index (χ1v) is 11.2. The van der Waals surface area contributed by atoms with E-state index in [0.717, 1.165) is 13.1 Å². The van der Waals surface area contributed by atoms with Crippen molar-refractivity contribution >= 4 is 11.6 Å². The van der Waals surface area contributed by atoms with Crippen LogP contribution in [0.1, 0.15) is 50.1 Å². The number of carbonyl (C=O) groups is 1. The third-order valence-corrected chi connectivity index (χ3v) is 7.74. The Labute approximate surface area is 184 Å². The van der Waals surface area contributed by atoms with Gasteiger partial charge in [0.05, 0.1) is 0 Å². The number of aromatic nitrogens is 3. The van der Waals surface area contributed by atoms with E-state index < -0.39 is 0 Å². The number of hydrogen-bond acceptors (Lipinski definition) is 3. The zero-order chi connectivity index (χ0) is 21.6. The van der Waals surface area contributed by atoms with Crippen LogP contribution < -0.4 is 5.56 Å². The zero-order valence-corrected chi connectivity index (χ0v) is 17.7. The minimum atomic E-state index is -0.203. The molecule has 2 bridgehead atoms. The fraction of sp³-hybridized carbons (Fsp3) is 0.269. The van der Waals surface area contributed by atoms with Gasteiger partial charge in [0.1, 0.15) is 5.56 Å². The van der Waals surface area contributed by atoms with Gasteiger partial charge in [-0.3, -0.25) is 14.7 Å². The van der Waals surface area contributed by atoms with Crippen molar-refractivity contribution in [2.24, 2.45) is 11.8 Å². The van der Waals surface area contributed by atoms with Crippen molar-refractivity contribution in [1.29, 1.82) is 0 Å². The summed E-state index contributed by atoms with van der Waals surface area (Å²) in [6.45, 7) is 3.22. The summed E-state index contributed by atoms with van der Waals surface area (Å²) in [5, 5.41) is 2.90. The zero-order valence-electron chi connectivity index (χ0n) is 17.7. The molecule has 2 aromatic carbocycles. The van der Waals surface area contributed by atoms with E-state index in [4.69, 9.17) is 0 Å². The molecule has 4 aliphatic rings. The highest BCUT2D eigenvalue weighted by Gasteiger charge is 2.53. The molecule has 2 atom stereocenters. The normalized spacial score (nSPS) is 25.0. The minimum absolute atomic E-state index is 0.0526. The molecule has 4 aromatic rings. The van der Waals surface area contributed by atoms with E-state index in [2.05, 4.69) is 58.6 Å². The van der Waals surface area contributed by atoms with Crippen LogP contribution in [-0.4, -0.2) is 38.5 Å². The van der Waals surface area contributed by atoms with Crippen molar-refractivity contribution in [2.75, 3.05) is 13.1 Å². The molecule has 6 nitrogen and oxygen atoms in total. The molecule has 0 radical (unpaired) electrons. The topological polar surface area (TPSA) is 70.5 Å². The highest BCUT2D eigenvalue weighted by atomic mass is 16.2. The Balaban J connectivity index is 1.31. The Kier molecular flexibility index (Phi) is 3.47. The van der Waals surface area contributed by atoms with E-state index >= 15 is 0 Å². The van der Waals surface area contributed by atoms with Crippen molar-refractivity contribution in [1.82, 2.24) is 19.5 Å². The predicted octanol–water partition coefficient (Wildman–Crippen LogP) is 3.31. The summed E-state index contributed by atoms with van der Waals surface area (Å²) in [7, 11) is 0.